The minimum absolute atomic E-state index is 0.112. The summed E-state index contributed by atoms with van der Waals surface area (Å²) in [5, 5.41) is 4.07. The molecule has 0 amide bonds. The van der Waals surface area contributed by atoms with Crippen LogP contribution in [0.2, 0.25) is 0 Å². The van der Waals surface area contributed by atoms with E-state index >= 15 is 0 Å². The van der Waals surface area contributed by atoms with Crippen molar-refractivity contribution in [3.63, 3.8) is 0 Å². The Bertz CT molecular complexity index is 3900. The number of rotatable bonds is 10. The summed E-state index contributed by atoms with van der Waals surface area (Å²) in [5.41, 5.74) is 13.0. The second kappa shape index (κ2) is 17.2. The van der Waals surface area contributed by atoms with Crippen molar-refractivity contribution < 1.29 is 5.48 Å². The molecule has 11 aromatic carbocycles. The Hall–Kier alpha value is -8.92. The van der Waals surface area contributed by atoms with E-state index in [9.17, 15) is 5.48 Å². The minimum atomic E-state index is -0.130. The third-order valence-corrected chi connectivity index (χ3v) is 12.6. The van der Waals surface area contributed by atoms with Crippen LogP contribution in [0.1, 0.15) is 5.48 Å². The fraction of sp³-hybridized carbons (Fsp3) is 0. The zero-order valence-electron chi connectivity index (χ0n) is 40.5. The Balaban J connectivity index is 0.970. The fourth-order valence-corrected chi connectivity index (χ4v) is 9.44. The molecule has 0 bridgehead atoms. The van der Waals surface area contributed by atoms with E-state index < -0.39 is 0 Å². The van der Waals surface area contributed by atoms with Crippen molar-refractivity contribution in [1.82, 2.24) is 4.57 Å². The van der Waals surface area contributed by atoms with E-state index in [2.05, 4.69) is 161 Å². The van der Waals surface area contributed by atoms with Gasteiger partial charge in [-0.05, 0) is 130 Å². The van der Waals surface area contributed by atoms with Crippen LogP contribution in [0.4, 0.5) is 34.1 Å². The van der Waals surface area contributed by atoms with Crippen molar-refractivity contribution in [3.05, 3.63) is 273 Å². The normalized spacial score (nSPS) is 12.1. The van der Waals surface area contributed by atoms with Crippen LogP contribution < -0.4 is 9.80 Å². The van der Waals surface area contributed by atoms with Gasteiger partial charge < -0.3 is 14.4 Å². The van der Waals surface area contributed by atoms with Crippen molar-refractivity contribution in [3.8, 4) is 39.1 Å². The SMILES string of the molecule is [2H]c1c([2H])c(N(c2ccccc2)c2ccc3c4ccccc4n(-c4ccccc4)c3c2)c([2H])c([2H])c1-c1ccc2cc(N(c3cccc(-c4ccccc4)c3)c3ccccc3-c3ccccc3)ccc2c1. The van der Waals surface area contributed by atoms with Gasteiger partial charge in [-0.1, -0.05) is 182 Å². The summed E-state index contributed by atoms with van der Waals surface area (Å²) >= 11 is 0. The summed E-state index contributed by atoms with van der Waals surface area (Å²) < 4.78 is 40.8. The van der Waals surface area contributed by atoms with E-state index in [4.69, 9.17) is 0 Å². The fourth-order valence-electron chi connectivity index (χ4n) is 9.44. The third kappa shape index (κ3) is 7.49. The quantitative estimate of drug-likeness (QED) is 0.136. The topological polar surface area (TPSA) is 11.4 Å². The van der Waals surface area contributed by atoms with Gasteiger partial charge in [0.25, 0.3) is 0 Å². The highest BCUT2D eigenvalue weighted by Crippen LogP contribution is 2.44. The van der Waals surface area contributed by atoms with Gasteiger partial charge in [-0.15, -0.1) is 0 Å². The zero-order valence-corrected chi connectivity index (χ0v) is 36.5. The molecule has 67 heavy (non-hydrogen) atoms. The highest BCUT2D eigenvalue weighted by atomic mass is 15.2. The molecule has 0 spiro atoms. The van der Waals surface area contributed by atoms with Crippen molar-refractivity contribution in [2.75, 3.05) is 9.80 Å². The van der Waals surface area contributed by atoms with E-state index in [1.807, 2.05) is 102 Å². The highest BCUT2D eigenvalue weighted by Gasteiger charge is 2.20. The Morgan fingerprint density at radius 1 is 0.299 bits per heavy atom. The molecule has 0 aliphatic carbocycles. The summed E-state index contributed by atoms with van der Waals surface area (Å²) in [6.45, 7) is 0. The van der Waals surface area contributed by atoms with Crippen LogP contribution in [0.15, 0.2) is 273 Å². The third-order valence-electron chi connectivity index (χ3n) is 12.6. The lowest BCUT2D eigenvalue weighted by Crippen LogP contribution is -2.11. The molecule has 0 unspecified atom stereocenters. The first-order chi connectivity index (χ1) is 34.9. The predicted molar refractivity (Wildman–Crippen MR) is 284 cm³/mol. The van der Waals surface area contributed by atoms with Crippen LogP contribution in [0.3, 0.4) is 0 Å². The van der Waals surface area contributed by atoms with Gasteiger partial charge in [-0.25, -0.2) is 0 Å². The molecule has 0 radical (unpaired) electrons. The van der Waals surface area contributed by atoms with Gasteiger partial charge in [0.15, 0.2) is 0 Å². The Morgan fingerprint density at radius 3 is 1.64 bits per heavy atom. The molecule has 0 saturated heterocycles. The van der Waals surface area contributed by atoms with Crippen LogP contribution >= 0.6 is 0 Å². The molecule has 0 aliphatic heterocycles. The first-order valence-electron chi connectivity index (χ1n) is 24.6. The zero-order chi connectivity index (χ0) is 48.0. The van der Waals surface area contributed by atoms with E-state index in [0.717, 1.165) is 83.3 Å². The summed E-state index contributed by atoms with van der Waals surface area (Å²) in [6.07, 6.45) is 0. The number of benzene rings is 11. The molecule has 1 heterocycles. The van der Waals surface area contributed by atoms with Crippen molar-refractivity contribution in [2.45, 2.75) is 0 Å². The smallest absolute Gasteiger partial charge is 0.0645 e. The van der Waals surface area contributed by atoms with Gasteiger partial charge in [0.1, 0.15) is 0 Å². The maximum atomic E-state index is 9.69. The molecular weight excluding hydrogens is 811 g/mol. The van der Waals surface area contributed by atoms with Gasteiger partial charge in [0, 0.05) is 50.5 Å². The van der Waals surface area contributed by atoms with E-state index in [0.29, 0.717) is 11.3 Å². The molecule has 1 aromatic heterocycles. The molecule has 12 rings (SSSR count). The highest BCUT2D eigenvalue weighted by molar-refractivity contribution is 6.10. The van der Waals surface area contributed by atoms with Gasteiger partial charge in [-0.2, -0.15) is 0 Å². The van der Waals surface area contributed by atoms with Crippen molar-refractivity contribution in [2.24, 2.45) is 0 Å². The Morgan fingerprint density at radius 2 is 0.851 bits per heavy atom. The number of hydrogen-bond donors (Lipinski definition) is 0. The molecule has 0 N–H and O–H groups in total. The molecule has 0 fully saturated rings. The molecule has 3 nitrogen and oxygen atoms in total. The number of fused-ring (bicyclic) bond motifs is 4. The van der Waals surface area contributed by atoms with E-state index in [1.54, 1.807) is 0 Å². The maximum Gasteiger partial charge on any atom is 0.0645 e. The average molecular weight is 860 g/mol. The second-order valence-electron chi connectivity index (χ2n) is 16.7. The molecule has 0 atom stereocenters. The lowest BCUT2D eigenvalue weighted by Gasteiger charge is -2.28. The van der Waals surface area contributed by atoms with Gasteiger partial charge in [-0.3, -0.25) is 0 Å². The van der Waals surface area contributed by atoms with E-state index in [-0.39, 0.29) is 35.4 Å². The summed E-state index contributed by atoms with van der Waals surface area (Å²) in [4.78, 5) is 4.16. The average Bonchev–Trinajstić information content (AvgIpc) is 3.76. The first-order valence-corrected chi connectivity index (χ1v) is 22.6. The van der Waals surface area contributed by atoms with E-state index in [1.165, 1.54) is 0 Å². The standard InChI is InChI=1S/C64H45N3/c1-5-18-46(19-6-1)49-22-17-27-56(43-49)66(62-30-15-13-28-59(62)48-20-7-2-8-21-48)57-39-36-51-42-50(32-33-52(51)44-57)47-34-37-55(38-35-47)65(53-23-9-3-10-24-53)58-40-41-61-60-29-14-16-31-63(60)67(64(61)45-58)54-25-11-4-12-26-54/h1-45H/i34D,35D,37D,38D. The Kier molecular flexibility index (Phi) is 9.11. The lowest BCUT2D eigenvalue weighted by molar-refractivity contribution is 1.18. The molecule has 12 aromatic rings. The first kappa shape index (κ1) is 35.4. The molecule has 0 aliphatic rings. The summed E-state index contributed by atoms with van der Waals surface area (Å²) in [6, 6.07) is 84.3. The second-order valence-corrected chi connectivity index (χ2v) is 16.7. The van der Waals surface area contributed by atoms with Crippen LogP contribution in [0, 0.1) is 0 Å². The summed E-state index contributed by atoms with van der Waals surface area (Å²) in [5.74, 6) is 0. The lowest BCUT2D eigenvalue weighted by atomic mass is 9.98. The number of nitrogens with zero attached hydrogens (tertiary/aromatic N) is 3. The van der Waals surface area contributed by atoms with Gasteiger partial charge in [0.2, 0.25) is 0 Å². The number of anilines is 6. The molecular formula is C64H45N3. The van der Waals surface area contributed by atoms with Crippen LogP contribution in [-0.2, 0) is 0 Å². The van der Waals surface area contributed by atoms with Gasteiger partial charge in [0.05, 0.1) is 22.2 Å². The Labute approximate surface area is 396 Å². The van der Waals surface area contributed by atoms with Crippen LogP contribution in [0.25, 0.3) is 71.6 Å². The monoisotopic (exact) mass is 859 g/mol. The summed E-state index contributed by atoms with van der Waals surface area (Å²) in [7, 11) is 0. The number of hydrogen-bond acceptors (Lipinski definition) is 2. The number of para-hydroxylation sites is 4. The van der Waals surface area contributed by atoms with Crippen LogP contribution in [-0.4, -0.2) is 4.57 Å². The largest absolute Gasteiger partial charge is 0.310 e. The molecule has 316 valence electrons. The van der Waals surface area contributed by atoms with Crippen molar-refractivity contribution in [1.29, 1.82) is 0 Å². The maximum absolute atomic E-state index is 9.69. The number of aromatic nitrogens is 1. The molecule has 3 heteroatoms. The van der Waals surface area contributed by atoms with Crippen molar-refractivity contribution >= 4 is 66.7 Å². The van der Waals surface area contributed by atoms with Gasteiger partial charge >= 0.3 is 0 Å². The predicted octanol–water partition coefficient (Wildman–Crippen LogP) is 17.9. The molecule has 0 saturated carbocycles. The van der Waals surface area contributed by atoms with Crippen LogP contribution in [0.5, 0.6) is 0 Å². The minimum Gasteiger partial charge on any atom is -0.310 e.